The molecule has 0 fully saturated rings. The molecule has 2 rings (SSSR count). The van der Waals surface area contributed by atoms with Gasteiger partial charge in [-0.1, -0.05) is 11.8 Å². The van der Waals surface area contributed by atoms with Crippen molar-refractivity contribution < 1.29 is 0 Å². The molecule has 0 amide bonds. The van der Waals surface area contributed by atoms with Crippen molar-refractivity contribution in [1.82, 2.24) is 25.4 Å². The fourth-order valence-electron chi connectivity index (χ4n) is 1.06. The summed E-state index contributed by atoms with van der Waals surface area (Å²) in [5.74, 6) is 0. The van der Waals surface area contributed by atoms with Crippen LogP contribution in [0.4, 0.5) is 0 Å². The van der Waals surface area contributed by atoms with Crippen LogP contribution < -0.4 is 16.8 Å². The van der Waals surface area contributed by atoms with Gasteiger partial charge in [-0.05, 0) is 6.92 Å². The lowest BCUT2D eigenvalue weighted by molar-refractivity contribution is 0.806. The molecule has 0 aliphatic rings. The molecule has 2 aromatic heterocycles. The fraction of sp³-hybridized carbons (Fsp3) is 0.143. The Labute approximate surface area is 91.5 Å². The Bertz CT molecular complexity index is 678. The van der Waals surface area contributed by atoms with E-state index in [9.17, 15) is 14.4 Å². The SMILES string of the molecule is Cc1[nH][nH]c(=O)c1Sc1n[nH]c(=O)[nH]c1=O. The van der Waals surface area contributed by atoms with Gasteiger partial charge in [-0.2, -0.15) is 5.10 Å². The summed E-state index contributed by atoms with van der Waals surface area (Å²) in [6.07, 6.45) is 0. The van der Waals surface area contributed by atoms with E-state index in [1.54, 1.807) is 6.92 Å². The molecule has 2 heterocycles. The van der Waals surface area contributed by atoms with E-state index in [0.717, 1.165) is 11.8 Å². The quantitative estimate of drug-likeness (QED) is 0.532. The zero-order valence-electron chi connectivity index (χ0n) is 8.08. The highest BCUT2D eigenvalue weighted by Crippen LogP contribution is 2.20. The van der Waals surface area contributed by atoms with Gasteiger partial charge in [-0.25, -0.2) is 9.89 Å². The van der Waals surface area contributed by atoms with Crippen molar-refractivity contribution in [2.75, 3.05) is 0 Å². The number of nitrogens with zero attached hydrogens (tertiary/aromatic N) is 1. The standard InChI is InChI=1S/C7H7N5O3S/c1-2-3(4(13)10-9-2)16-6-5(14)8-7(15)12-11-6/h1H3,(H2,9,10,13)(H2,8,12,14,15). The van der Waals surface area contributed by atoms with Gasteiger partial charge in [0.05, 0.1) is 0 Å². The summed E-state index contributed by atoms with van der Waals surface area (Å²) in [4.78, 5) is 35.7. The van der Waals surface area contributed by atoms with Gasteiger partial charge in [0, 0.05) is 5.69 Å². The molecule has 0 aliphatic carbocycles. The van der Waals surface area contributed by atoms with Crippen LogP contribution in [0.1, 0.15) is 5.69 Å². The largest absolute Gasteiger partial charge is 0.342 e. The number of hydrogen-bond acceptors (Lipinski definition) is 5. The van der Waals surface area contributed by atoms with E-state index in [4.69, 9.17) is 0 Å². The van der Waals surface area contributed by atoms with Crippen molar-refractivity contribution in [3.63, 3.8) is 0 Å². The highest BCUT2D eigenvalue weighted by molar-refractivity contribution is 7.99. The molecule has 0 spiro atoms. The molecule has 16 heavy (non-hydrogen) atoms. The van der Waals surface area contributed by atoms with Gasteiger partial charge in [-0.15, -0.1) is 0 Å². The predicted octanol–water partition coefficient (Wildman–Crippen LogP) is -1.07. The molecule has 0 radical (unpaired) electrons. The van der Waals surface area contributed by atoms with E-state index in [1.807, 2.05) is 4.98 Å². The summed E-state index contributed by atoms with van der Waals surface area (Å²) in [5.41, 5.74) is -1.06. The van der Waals surface area contributed by atoms with Crippen LogP contribution in [0.15, 0.2) is 24.3 Å². The minimum atomic E-state index is -0.686. The topological polar surface area (TPSA) is 127 Å². The van der Waals surface area contributed by atoms with E-state index in [1.165, 1.54) is 0 Å². The molecule has 0 bridgehead atoms. The normalized spacial score (nSPS) is 10.6. The van der Waals surface area contributed by atoms with Gasteiger partial charge in [0.25, 0.3) is 11.1 Å². The minimum absolute atomic E-state index is 0.00722. The smallest absolute Gasteiger partial charge is 0.301 e. The third-order valence-corrected chi connectivity index (χ3v) is 2.96. The molecular weight excluding hydrogens is 234 g/mol. The van der Waals surface area contributed by atoms with E-state index in [2.05, 4.69) is 20.4 Å². The van der Waals surface area contributed by atoms with Crippen molar-refractivity contribution in [2.45, 2.75) is 16.8 Å². The van der Waals surface area contributed by atoms with Gasteiger partial charge in [-0.3, -0.25) is 19.7 Å². The van der Waals surface area contributed by atoms with Crippen molar-refractivity contribution in [1.29, 1.82) is 0 Å². The lowest BCUT2D eigenvalue weighted by atomic mass is 10.5. The summed E-state index contributed by atoms with van der Waals surface area (Å²) in [5, 5.41) is 10.6. The van der Waals surface area contributed by atoms with Crippen LogP contribution in [0, 0.1) is 6.92 Å². The molecule has 0 aromatic carbocycles. The fourth-order valence-corrected chi connectivity index (χ4v) is 1.84. The maximum atomic E-state index is 11.3. The highest BCUT2D eigenvalue weighted by atomic mass is 32.2. The first-order valence-electron chi connectivity index (χ1n) is 4.22. The lowest BCUT2D eigenvalue weighted by Gasteiger charge is -1.95. The molecule has 9 heteroatoms. The Morgan fingerprint density at radius 2 is 1.88 bits per heavy atom. The second-order valence-corrected chi connectivity index (χ2v) is 3.95. The minimum Gasteiger partial charge on any atom is -0.301 e. The summed E-state index contributed by atoms with van der Waals surface area (Å²) >= 11 is 0.883. The van der Waals surface area contributed by atoms with E-state index in [-0.39, 0.29) is 10.6 Å². The van der Waals surface area contributed by atoms with Crippen LogP contribution in [0.5, 0.6) is 0 Å². The summed E-state index contributed by atoms with van der Waals surface area (Å²) in [6.45, 7) is 1.68. The van der Waals surface area contributed by atoms with E-state index in [0.29, 0.717) is 10.6 Å². The third kappa shape index (κ3) is 1.84. The Kier molecular flexibility index (Phi) is 2.52. The Hall–Kier alpha value is -2.03. The van der Waals surface area contributed by atoms with Crippen LogP contribution in [-0.2, 0) is 0 Å². The van der Waals surface area contributed by atoms with Crippen molar-refractivity contribution >= 4 is 11.8 Å². The van der Waals surface area contributed by atoms with Crippen LogP contribution in [0.25, 0.3) is 0 Å². The number of rotatable bonds is 2. The average molecular weight is 241 g/mol. The Morgan fingerprint density at radius 3 is 2.44 bits per heavy atom. The summed E-state index contributed by atoms with van der Waals surface area (Å²) < 4.78 is 0. The molecule has 0 saturated carbocycles. The molecule has 8 nitrogen and oxygen atoms in total. The third-order valence-electron chi connectivity index (χ3n) is 1.79. The van der Waals surface area contributed by atoms with E-state index < -0.39 is 11.2 Å². The first-order chi connectivity index (χ1) is 7.58. The molecule has 0 aliphatic heterocycles. The van der Waals surface area contributed by atoms with Gasteiger partial charge < -0.3 is 5.10 Å². The summed E-state index contributed by atoms with van der Waals surface area (Å²) in [6, 6.07) is 0. The molecule has 0 unspecified atom stereocenters. The van der Waals surface area contributed by atoms with Crippen molar-refractivity contribution in [3.05, 3.63) is 36.9 Å². The molecular formula is C7H7N5O3S. The van der Waals surface area contributed by atoms with Crippen LogP contribution in [-0.4, -0.2) is 25.4 Å². The summed E-state index contributed by atoms with van der Waals surface area (Å²) in [7, 11) is 0. The number of hydrogen-bond donors (Lipinski definition) is 4. The molecule has 2 aromatic rings. The highest BCUT2D eigenvalue weighted by Gasteiger charge is 2.11. The van der Waals surface area contributed by atoms with Crippen LogP contribution in [0.3, 0.4) is 0 Å². The Balaban J connectivity index is 2.46. The van der Waals surface area contributed by atoms with Crippen LogP contribution >= 0.6 is 11.8 Å². The average Bonchev–Trinajstić information content (AvgIpc) is 2.53. The number of aromatic nitrogens is 5. The second-order valence-electron chi connectivity index (χ2n) is 2.95. The number of aryl methyl sites for hydroxylation is 1. The molecule has 84 valence electrons. The predicted molar refractivity (Wildman–Crippen MR) is 55.8 cm³/mol. The monoisotopic (exact) mass is 241 g/mol. The zero-order valence-corrected chi connectivity index (χ0v) is 8.90. The second kappa shape index (κ2) is 3.85. The first-order valence-corrected chi connectivity index (χ1v) is 5.03. The zero-order chi connectivity index (χ0) is 11.7. The van der Waals surface area contributed by atoms with Crippen LogP contribution in [0.2, 0.25) is 0 Å². The van der Waals surface area contributed by atoms with E-state index >= 15 is 0 Å². The maximum Gasteiger partial charge on any atom is 0.342 e. The van der Waals surface area contributed by atoms with Gasteiger partial charge in [0.2, 0.25) is 0 Å². The number of H-pyrrole nitrogens is 4. The molecule has 4 N–H and O–H groups in total. The number of nitrogens with one attached hydrogen (secondary N) is 4. The van der Waals surface area contributed by atoms with Gasteiger partial charge >= 0.3 is 5.69 Å². The van der Waals surface area contributed by atoms with Gasteiger partial charge in [0.1, 0.15) is 4.90 Å². The molecule has 0 saturated heterocycles. The maximum absolute atomic E-state index is 11.3. The Morgan fingerprint density at radius 1 is 1.12 bits per heavy atom. The van der Waals surface area contributed by atoms with Crippen molar-refractivity contribution in [2.24, 2.45) is 0 Å². The van der Waals surface area contributed by atoms with Crippen molar-refractivity contribution in [3.8, 4) is 0 Å². The number of aromatic amines is 4. The lowest BCUT2D eigenvalue weighted by Crippen LogP contribution is -2.25. The first kappa shape index (κ1) is 10.5. The van der Waals surface area contributed by atoms with Gasteiger partial charge in [0.15, 0.2) is 5.03 Å². The molecule has 0 atom stereocenters.